The van der Waals surface area contributed by atoms with Crippen molar-refractivity contribution in [1.82, 2.24) is 9.55 Å². The number of benzene rings is 2. The molecule has 3 aromatic rings. The molecule has 0 fully saturated rings. The molecule has 0 aliphatic rings. The van der Waals surface area contributed by atoms with Gasteiger partial charge in [0, 0.05) is 24.4 Å². The van der Waals surface area contributed by atoms with Crippen LogP contribution in [0.15, 0.2) is 58.5 Å². The fourth-order valence-corrected chi connectivity index (χ4v) is 3.25. The second-order valence-corrected chi connectivity index (χ2v) is 5.89. The summed E-state index contributed by atoms with van der Waals surface area (Å²) in [5.41, 5.74) is 1.18. The van der Waals surface area contributed by atoms with E-state index in [4.69, 9.17) is 0 Å². The largest absolute Gasteiger partial charge is 0.290 e. The summed E-state index contributed by atoms with van der Waals surface area (Å²) in [4.78, 5) is 27.5. The molecule has 0 N–H and O–H groups in total. The van der Waals surface area contributed by atoms with Crippen LogP contribution in [0.5, 0.6) is 0 Å². The summed E-state index contributed by atoms with van der Waals surface area (Å²) in [6.07, 6.45) is 0. The summed E-state index contributed by atoms with van der Waals surface area (Å²) in [5, 5.41) is 12.1. The summed E-state index contributed by atoms with van der Waals surface area (Å²) >= 11 is 1.31. The van der Waals surface area contributed by atoms with Crippen LogP contribution >= 0.6 is 11.8 Å². The number of para-hydroxylation sites is 2. The first-order valence-corrected chi connectivity index (χ1v) is 7.87. The molecule has 6 nitrogen and oxygen atoms in total. The van der Waals surface area contributed by atoms with E-state index in [2.05, 4.69) is 4.98 Å². The van der Waals surface area contributed by atoms with Crippen LogP contribution in [-0.2, 0) is 12.8 Å². The fourth-order valence-electron chi connectivity index (χ4n) is 2.28. The number of hydrogen-bond acceptors (Lipinski definition) is 5. The van der Waals surface area contributed by atoms with Crippen LogP contribution in [0.2, 0.25) is 0 Å². The molecule has 0 amide bonds. The molecule has 0 aliphatic carbocycles. The van der Waals surface area contributed by atoms with Gasteiger partial charge in [-0.05, 0) is 12.1 Å². The third-order valence-electron chi connectivity index (χ3n) is 3.49. The molecular formula is C16H13N3O3S. The lowest BCUT2D eigenvalue weighted by atomic mass is 10.2. The second-order valence-electron chi connectivity index (χ2n) is 4.95. The van der Waals surface area contributed by atoms with Crippen LogP contribution in [0, 0.1) is 10.1 Å². The van der Waals surface area contributed by atoms with Gasteiger partial charge in [-0.1, -0.05) is 42.1 Å². The third-order valence-corrected chi connectivity index (χ3v) is 4.57. The molecular weight excluding hydrogens is 314 g/mol. The van der Waals surface area contributed by atoms with Gasteiger partial charge in [-0.3, -0.25) is 19.5 Å². The van der Waals surface area contributed by atoms with Gasteiger partial charge in [-0.15, -0.1) is 0 Å². The number of fused-ring (bicyclic) bond motifs is 1. The van der Waals surface area contributed by atoms with Gasteiger partial charge in [0.1, 0.15) is 0 Å². The Kier molecular flexibility index (Phi) is 4.12. The van der Waals surface area contributed by atoms with Crippen molar-refractivity contribution in [2.45, 2.75) is 10.9 Å². The zero-order valence-electron chi connectivity index (χ0n) is 12.3. The topological polar surface area (TPSA) is 78.0 Å². The van der Waals surface area contributed by atoms with E-state index >= 15 is 0 Å². The van der Waals surface area contributed by atoms with E-state index in [0.717, 1.165) is 0 Å². The monoisotopic (exact) mass is 327 g/mol. The SMILES string of the molecule is Cn1c(SCc2ccccc2[N+](=O)[O-])nc2ccccc2c1=O. The number of hydrogen-bond donors (Lipinski definition) is 0. The van der Waals surface area contributed by atoms with Crippen LogP contribution in [0.4, 0.5) is 5.69 Å². The Morgan fingerprint density at radius 1 is 1.17 bits per heavy atom. The normalized spacial score (nSPS) is 10.8. The second kappa shape index (κ2) is 6.21. The van der Waals surface area contributed by atoms with Crippen LogP contribution in [0.3, 0.4) is 0 Å². The van der Waals surface area contributed by atoms with Crippen LogP contribution in [0.25, 0.3) is 10.9 Å². The Morgan fingerprint density at radius 2 is 1.87 bits per heavy atom. The molecule has 7 heteroatoms. The van der Waals surface area contributed by atoms with Crippen molar-refractivity contribution >= 4 is 28.4 Å². The molecule has 0 saturated carbocycles. The van der Waals surface area contributed by atoms with Gasteiger partial charge < -0.3 is 0 Å². The minimum absolute atomic E-state index is 0.0748. The highest BCUT2D eigenvalue weighted by Gasteiger charge is 2.14. The average molecular weight is 327 g/mol. The zero-order chi connectivity index (χ0) is 16.4. The van der Waals surface area contributed by atoms with Crippen molar-refractivity contribution in [3.8, 4) is 0 Å². The highest BCUT2D eigenvalue weighted by Crippen LogP contribution is 2.26. The predicted octanol–water partition coefficient (Wildman–Crippen LogP) is 3.13. The number of aromatic nitrogens is 2. The van der Waals surface area contributed by atoms with E-state index < -0.39 is 4.92 Å². The zero-order valence-corrected chi connectivity index (χ0v) is 13.1. The summed E-state index contributed by atoms with van der Waals surface area (Å²) in [6, 6.07) is 13.7. The third kappa shape index (κ3) is 2.95. The van der Waals surface area contributed by atoms with Crippen molar-refractivity contribution in [3.63, 3.8) is 0 Å². The number of nitro groups is 1. The lowest BCUT2D eigenvalue weighted by molar-refractivity contribution is -0.385. The van der Waals surface area contributed by atoms with Gasteiger partial charge >= 0.3 is 0 Å². The van der Waals surface area contributed by atoms with Crippen molar-refractivity contribution in [1.29, 1.82) is 0 Å². The van der Waals surface area contributed by atoms with Gasteiger partial charge in [0.2, 0.25) is 0 Å². The lowest BCUT2D eigenvalue weighted by Crippen LogP contribution is -2.19. The quantitative estimate of drug-likeness (QED) is 0.318. The Morgan fingerprint density at radius 3 is 2.65 bits per heavy atom. The van der Waals surface area contributed by atoms with Crippen LogP contribution in [0.1, 0.15) is 5.56 Å². The molecule has 0 saturated heterocycles. The molecule has 1 heterocycles. The number of nitro benzene ring substituents is 1. The maximum Gasteiger partial charge on any atom is 0.273 e. The van der Waals surface area contributed by atoms with Crippen molar-refractivity contribution in [3.05, 3.63) is 74.6 Å². The van der Waals surface area contributed by atoms with Gasteiger partial charge in [0.05, 0.1) is 15.8 Å². The van der Waals surface area contributed by atoms with Crippen molar-refractivity contribution < 1.29 is 4.92 Å². The predicted molar refractivity (Wildman–Crippen MR) is 89.6 cm³/mol. The highest BCUT2D eigenvalue weighted by atomic mass is 32.2. The smallest absolute Gasteiger partial charge is 0.273 e. The first-order valence-electron chi connectivity index (χ1n) is 6.89. The molecule has 116 valence electrons. The maximum absolute atomic E-state index is 12.3. The maximum atomic E-state index is 12.3. The molecule has 0 aliphatic heterocycles. The number of nitrogens with zero attached hydrogens (tertiary/aromatic N) is 3. The van der Waals surface area contributed by atoms with Gasteiger partial charge in [-0.25, -0.2) is 4.98 Å². The first kappa shape index (κ1) is 15.2. The van der Waals surface area contributed by atoms with Gasteiger partial charge in [0.15, 0.2) is 5.16 Å². The number of thioether (sulfide) groups is 1. The number of rotatable bonds is 4. The van der Waals surface area contributed by atoms with Crippen molar-refractivity contribution in [2.75, 3.05) is 0 Å². The van der Waals surface area contributed by atoms with Gasteiger partial charge in [0.25, 0.3) is 11.2 Å². The molecule has 0 unspecified atom stereocenters. The molecule has 0 atom stereocenters. The Bertz CT molecular complexity index is 953. The van der Waals surface area contributed by atoms with Gasteiger partial charge in [-0.2, -0.15) is 0 Å². The lowest BCUT2D eigenvalue weighted by Gasteiger charge is -2.08. The Balaban J connectivity index is 1.96. The molecule has 3 rings (SSSR count). The summed E-state index contributed by atoms with van der Waals surface area (Å²) < 4.78 is 1.47. The Labute approximate surface area is 135 Å². The Hall–Kier alpha value is -2.67. The fraction of sp³-hybridized carbons (Fsp3) is 0.125. The minimum atomic E-state index is -0.400. The van der Waals surface area contributed by atoms with E-state index in [1.54, 1.807) is 43.4 Å². The summed E-state index contributed by atoms with van der Waals surface area (Å²) in [5.74, 6) is 0.371. The van der Waals surface area contributed by atoms with Crippen LogP contribution in [-0.4, -0.2) is 14.5 Å². The molecule has 23 heavy (non-hydrogen) atoms. The molecule has 1 aromatic heterocycles. The minimum Gasteiger partial charge on any atom is -0.290 e. The van der Waals surface area contributed by atoms with Crippen LogP contribution < -0.4 is 5.56 Å². The van der Waals surface area contributed by atoms with Crippen molar-refractivity contribution in [2.24, 2.45) is 7.05 Å². The highest BCUT2D eigenvalue weighted by molar-refractivity contribution is 7.98. The molecule has 0 spiro atoms. The van der Waals surface area contributed by atoms with E-state index in [9.17, 15) is 14.9 Å². The van der Waals surface area contributed by atoms with E-state index in [0.29, 0.717) is 27.4 Å². The summed E-state index contributed by atoms with van der Waals surface area (Å²) in [6.45, 7) is 0. The molecule has 2 aromatic carbocycles. The molecule has 0 radical (unpaired) electrons. The first-order chi connectivity index (χ1) is 11.1. The standard InChI is InChI=1S/C16H13N3O3S/c1-18-15(20)12-7-3-4-8-13(12)17-16(18)23-10-11-6-2-5-9-14(11)19(21)22/h2-9H,10H2,1H3. The van der Waals surface area contributed by atoms with E-state index in [-0.39, 0.29) is 11.2 Å². The average Bonchev–Trinajstić information content (AvgIpc) is 2.57. The van der Waals surface area contributed by atoms with E-state index in [1.807, 2.05) is 6.07 Å². The van der Waals surface area contributed by atoms with E-state index in [1.165, 1.54) is 22.4 Å². The summed E-state index contributed by atoms with van der Waals surface area (Å²) in [7, 11) is 1.66. The molecule has 0 bridgehead atoms.